The molecule has 0 aliphatic carbocycles. The predicted octanol–water partition coefficient (Wildman–Crippen LogP) is 3.33. The zero-order chi connectivity index (χ0) is 13.8. The maximum atomic E-state index is 5.88. The van der Waals surface area contributed by atoms with E-state index in [0.717, 1.165) is 13.1 Å². The zero-order valence-electron chi connectivity index (χ0n) is 12.5. The van der Waals surface area contributed by atoms with Crippen molar-refractivity contribution in [3.63, 3.8) is 0 Å². The van der Waals surface area contributed by atoms with Crippen LogP contribution in [0, 0.1) is 0 Å². The van der Waals surface area contributed by atoms with Gasteiger partial charge in [0.05, 0.1) is 0 Å². The fraction of sp³-hybridized carbons (Fsp3) is 0.600. The fourth-order valence-corrected chi connectivity index (χ4v) is 1.46. The number of hydrogen-bond acceptors (Lipinski definition) is 3. The van der Waals surface area contributed by atoms with Crippen molar-refractivity contribution >= 4 is 12.4 Å². The van der Waals surface area contributed by atoms with E-state index in [9.17, 15) is 0 Å². The third-order valence-electron chi connectivity index (χ3n) is 2.28. The van der Waals surface area contributed by atoms with Gasteiger partial charge in [0.1, 0.15) is 0 Å². The van der Waals surface area contributed by atoms with Crippen LogP contribution in [-0.2, 0) is 6.54 Å². The van der Waals surface area contributed by atoms with Crippen molar-refractivity contribution in [2.75, 3.05) is 6.54 Å². The van der Waals surface area contributed by atoms with Gasteiger partial charge in [-0.15, -0.1) is 12.4 Å². The van der Waals surface area contributed by atoms with Crippen LogP contribution in [0.5, 0.6) is 0 Å². The van der Waals surface area contributed by atoms with Crippen LogP contribution >= 0.6 is 12.4 Å². The molecule has 0 spiro atoms. The number of benzene rings is 1. The third kappa shape index (κ3) is 15.3. The number of nitrogens with two attached hydrogens (primary N) is 2. The highest BCUT2D eigenvalue weighted by molar-refractivity contribution is 5.85. The Morgan fingerprint density at radius 1 is 1.11 bits per heavy atom. The summed E-state index contributed by atoms with van der Waals surface area (Å²) in [5, 5.41) is 1.89. The average molecular weight is 288 g/mol. The van der Waals surface area contributed by atoms with Crippen LogP contribution in [0.3, 0.4) is 0 Å². The van der Waals surface area contributed by atoms with Crippen molar-refractivity contribution in [1.82, 2.24) is 5.01 Å². The van der Waals surface area contributed by atoms with E-state index in [1.165, 1.54) is 24.8 Å². The molecule has 1 aromatic carbocycles. The van der Waals surface area contributed by atoms with Gasteiger partial charge >= 0.3 is 0 Å². The second kappa shape index (κ2) is 13.8. The van der Waals surface area contributed by atoms with Crippen LogP contribution in [-0.4, -0.2) is 17.6 Å². The minimum absolute atomic E-state index is 0. The number of halogens is 1. The van der Waals surface area contributed by atoms with Crippen molar-refractivity contribution in [3.05, 3.63) is 35.9 Å². The lowest BCUT2D eigenvalue weighted by molar-refractivity contribution is 0.268. The molecular weight excluding hydrogens is 258 g/mol. The van der Waals surface area contributed by atoms with Crippen molar-refractivity contribution in [2.45, 2.75) is 52.6 Å². The van der Waals surface area contributed by atoms with E-state index >= 15 is 0 Å². The van der Waals surface area contributed by atoms with Gasteiger partial charge < -0.3 is 5.73 Å². The smallest absolute Gasteiger partial charge is 0.0379 e. The minimum atomic E-state index is 0. The number of unbranched alkanes of at least 4 members (excludes halogenated alkanes) is 2. The second-order valence-electron chi connectivity index (χ2n) is 4.91. The molecule has 0 radical (unpaired) electrons. The van der Waals surface area contributed by atoms with Crippen LogP contribution in [0.15, 0.2) is 30.3 Å². The first kappa shape index (κ1) is 20.7. The van der Waals surface area contributed by atoms with E-state index in [1.54, 1.807) is 0 Å². The lowest BCUT2D eigenvalue weighted by Crippen LogP contribution is -2.31. The van der Waals surface area contributed by atoms with Crippen LogP contribution in [0.2, 0.25) is 0 Å². The van der Waals surface area contributed by atoms with Gasteiger partial charge in [-0.2, -0.15) is 0 Å². The molecule has 0 saturated carbocycles. The molecule has 0 amide bonds. The highest BCUT2D eigenvalue weighted by atomic mass is 35.5. The van der Waals surface area contributed by atoms with Gasteiger partial charge in [-0.05, 0) is 18.0 Å². The largest absolute Gasteiger partial charge is 0.328 e. The third-order valence-corrected chi connectivity index (χ3v) is 2.28. The van der Waals surface area contributed by atoms with Crippen LogP contribution in [0.25, 0.3) is 0 Å². The Bertz CT molecular complexity index is 275. The molecule has 0 fully saturated rings. The monoisotopic (exact) mass is 287 g/mol. The molecular formula is C15H30ClN3. The summed E-state index contributed by atoms with van der Waals surface area (Å²) in [4.78, 5) is 0. The molecule has 4 N–H and O–H groups in total. The number of hydrazine groups is 1. The van der Waals surface area contributed by atoms with Gasteiger partial charge in [0.25, 0.3) is 0 Å². The molecule has 0 aliphatic heterocycles. The van der Waals surface area contributed by atoms with E-state index in [2.05, 4.69) is 31.2 Å². The zero-order valence-corrected chi connectivity index (χ0v) is 13.3. The molecule has 0 bridgehead atoms. The molecule has 0 aromatic heterocycles. The van der Waals surface area contributed by atoms with Gasteiger partial charge in [-0.1, -0.05) is 63.9 Å². The normalized spacial score (nSPS) is 9.84. The topological polar surface area (TPSA) is 55.3 Å². The molecule has 3 nitrogen and oxygen atoms in total. The first-order valence-electron chi connectivity index (χ1n) is 6.85. The second-order valence-corrected chi connectivity index (χ2v) is 4.91. The standard InChI is InChI=1S/C12H20N2.C3H9N.ClH/c1-2-3-7-10-14(13)11-12-8-5-4-6-9-12;1-3(2)4;/h4-6,8-9H,2-3,7,10-11,13H2,1H3;3H,4H2,1-2H3;1H. The molecule has 0 aliphatic rings. The molecule has 0 saturated heterocycles. The Labute approximate surface area is 124 Å². The molecule has 19 heavy (non-hydrogen) atoms. The summed E-state index contributed by atoms with van der Waals surface area (Å²) < 4.78 is 0. The fourth-order valence-electron chi connectivity index (χ4n) is 1.46. The molecule has 1 aromatic rings. The quantitative estimate of drug-likeness (QED) is 0.479. The first-order valence-corrected chi connectivity index (χ1v) is 6.85. The summed E-state index contributed by atoms with van der Waals surface area (Å²) >= 11 is 0. The van der Waals surface area contributed by atoms with Crippen molar-refractivity contribution in [3.8, 4) is 0 Å². The Morgan fingerprint density at radius 3 is 2.11 bits per heavy atom. The van der Waals surface area contributed by atoms with Gasteiger partial charge in [0.2, 0.25) is 0 Å². The highest BCUT2D eigenvalue weighted by Gasteiger charge is 1.98. The highest BCUT2D eigenvalue weighted by Crippen LogP contribution is 2.02. The van der Waals surface area contributed by atoms with Crippen molar-refractivity contribution in [2.24, 2.45) is 11.6 Å². The predicted molar refractivity (Wildman–Crippen MR) is 87.1 cm³/mol. The molecule has 0 unspecified atom stereocenters. The molecule has 0 heterocycles. The van der Waals surface area contributed by atoms with E-state index in [1.807, 2.05) is 24.9 Å². The summed E-state index contributed by atoms with van der Waals surface area (Å²) in [6.07, 6.45) is 3.71. The SMILES string of the molecule is CC(C)N.CCCCCN(N)Cc1ccccc1.Cl. The first-order chi connectivity index (χ1) is 8.56. The Hall–Kier alpha value is -0.610. The van der Waals surface area contributed by atoms with Gasteiger partial charge in [0.15, 0.2) is 0 Å². The molecule has 0 atom stereocenters. The molecule has 4 heteroatoms. The summed E-state index contributed by atoms with van der Waals surface area (Å²) in [7, 11) is 0. The van der Waals surface area contributed by atoms with Crippen LogP contribution < -0.4 is 11.6 Å². The van der Waals surface area contributed by atoms with E-state index in [4.69, 9.17) is 11.6 Å². The maximum Gasteiger partial charge on any atom is 0.0379 e. The van der Waals surface area contributed by atoms with Gasteiger partial charge in [-0.3, -0.25) is 5.84 Å². The lowest BCUT2D eigenvalue weighted by Gasteiger charge is -2.15. The molecule has 1 rings (SSSR count). The lowest BCUT2D eigenvalue weighted by atomic mass is 10.2. The van der Waals surface area contributed by atoms with Crippen molar-refractivity contribution in [1.29, 1.82) is 0 Å². The minimum Gasteiger partial charge on any atom is -0.328 e. The summed E-state index contributed by atoms with van der Waals surface area (Å²) in [5.74, 6) is 5.88. The van der Waals surface area contributed by atoms with Gasteiger partial charge in [0, 0.05) is 13.1 Å². The summed E-state index contributed by atoms with van der Waals surface area (Å²) in [6, 6.07) is 10.7. The molecule has 112 valence electrons. The van der Waals surface area contributed by atoms with Gasteiger partial charge in [-0.25, -0.2) is 5.01 Å². The van der Waals surface area contributed by atoms with E-state index < -0.39 is 0 Å². The number of nitrogens with zero attached hydrogens (tertiary/aromatic N) is 1. The number of hydrogen-bond donors (Lipinski definition) is 2. The Kier molecular flexibility index (Phi) is 15.1. The Morgan fingerprint density at radius 2 is 1.63 bits per heavy atom. The van der Waals surface area contributed by atoms with Crippen LogP contribution in [0.4, 0.5) is 0 Å². The summed E-state index contributed by atoms with van der Waals surface area (Å²) in [6.45, 7) is 7.94. The van der Waals surface area contributed by atoms with Crippen molar-refractivity contribution < 1.29 is 0 Å². The van der Waals surface area contributed by atoms with E-state index in [0.29, 0.717) is 6.04 Å². The Balaban J connectivity index is 0. The number of rotatable bonds is 6. The maximum absolute atomic E-state index is 5.88. The van der Waals surface area contributed by atoms with E-state index in [-0.39, 0.29) is 12.4 Å². The summed E-state index contributed by atoms with van der Waals surface area (Å²) in [5.41, 5.74) is 6.39. The average Bonchev–Trinajstić information content (AvgIpc) is 2.30. The van der Waals surface area contributed by atoms with Crippen LogP contribution in [0.1, 0.15) is 45.6 Å².